The number of nitrogens with zero attached hydrogens (tertiary/aromatic N) is 3. The van der Waals surface area contributed by atoms with E-state index in [4.69, 9.17) is 4.74 Å². The van der Waals surface area contributed by atoms with Gasteiger partial charge in [-0.05, 0) is 45.6 Å². The zero-order valence-electron chi connectivity index (χ0n) is 16.8. The third-order valence-electron chi connectivity index (χ3n) is 4.51. The van der Waals surface area contributed by atoms with E-state index in [1.54, 1.807) is 7.11 Å². The van der Waals surface area contributed by atoms with E-state index in [-0.39, 0.29) is 34.8 Å². The second-order valence-corrected chi connectivity index (χ2v) is 9.01. The molecule has 0 bridgehead atoms. The topological polar surface area (TPSA) is 40.1 Å². The largest absolute Gasteiger partial charge is 0.497 e. The fourth-order valence-electron chi connectivity index (χ4n) is 3.14. The summed E-state index contributed by atoms with van der Waals surface area (Å²) in [5, 5.41) is 3.58. The van der Waals surface area contributed by atoms with Gasteiger partial charge in [-0.2, -0.15) is 11.8 Å². The van der Waals surface area contributed by atoms with E-state index in [1.165, 1.54) is 5.56 Å². The van der Waals surface area contributed by atoms with Crippen molar-refractivity contribution >= 4 is 41.7 Å². The number of aliphatic imine (C=N–C) groups is 1. The monoisotopic (exact) mass is 492 g/mol. The molecule has 1 aromatic carbocycles. The molecule has 1 fully saturated rings. The van der Waals surface area contributed by atoms with Crippen molar-refractivity contribution in [1.29, 1.82) is 0 Å². The van der Waals surface area contributed by atoms with Gasteiger partial charge >= 0.3 is 0 Å². The van der Waals surface area contributed by atoms with E-state index in [9.17, 15) is 0 Å². The Morgan fingerprint density at radius 3 is 2.50 bits per heavy atom. The van der Waals surface area contributed by atoms with Crippen molar-refractivity contribution in [3.8, 4) is 5.75 Å². The molecule has 0 aromatic heterocycles. The number of likely N-dealkylation sites (N-methyl/N-ethyl adjacent to an activating group) is 1. The third kappa shape index (κ3) is 6.49. The second-order valence-electron chi connectivity index (χ2n) is 7.21. The maximum Gasteiger partial charge on any atom is 0.193 e. The molecule has 0 aliphatic carbocycles. The highest BCUT2D eigenvalue weighted by atomic mass is 127. The van der Waals surface area contributed by atoms with Crippen molar-refractivity contribution in [2.75, 3.05) is 53.6 Å². The molecular formula is C19H33IN4OS. The number of rotatable bonds is 5. The number of benzene rings is 1. The normalized spacial score (nSPS) is 18.3. The minimum atomic E-state index is 0. The van der Waals surface area contributed by atoms with E-state index in [2.05, 4.69) is 60.2 Å². The lowest BCUT2D eigenvalue weighted by atomic mass is 10.1. The van der Waals surface area contributed by atoms with Gasteiger partial charge < -0.3 is 19.9 Å². The summed E-state index contributed by atoms with van der Waals surface area (Å²) in [4.78, 5) is 9.12. The zero-order chi connectivity index (χ0) is 18.4. The summed E-state index contributed by atoms with van der Waals surface area (Å²) in [6.45, 7) is 7.49. The number of hydrogen-bond acceptors (Lipinski definition) is 4. The third-order valence-corrected chi connectivity index (χ3v) is 5.81. The van der Waals surface area contributed by atoms with Gasteiger partial charge in [-0.1, -0.05) is 12.1 Å². The molecule has 1 saturated heterocycles. The van der Waals surface area contributed by atoms with Gasteiger partial charge in [-0.3, -0.25) is 4.99 Å². The van der Waals surface area contributed by atoms with Crippen LogP contribution in [0.4, 0.5) is 0 Å². The molecule has 26 heavy (non-hydrogen) atoms. The average molecular weight is 492 g/mol. The number of ether oxygens (including phenoxy) is 1. The number of thioether (sulfide) groups is 1. The van der Waals surface area contributed by atoms with Gasteiger partial charge in [0.05, 0.1) is 13.2 Å². The van der Waals surface area contributed by atoms with Crippen molar-refractivity contribution in [3.05, 3.63) is 29.8 Å². The van der Waals surface area contributed by atoms with Crippen molar-refractivity contribution in [1.82, 2.24) is 15.1 Å². The van der Waals surface area contributed by atoms with Crippen LogP contribution < -0.4 is 10.1 Å². The lowest BCUT2D eigenvalue weighted by Gasteiger charge is -2.39. The van der Waals surface area contributed by atoms with Crippen LogP contribution in [0.1, 0.15) is 25.5 Å². The summed E-state index contributed by atoms with van der Waals surface area (Å²) >= 11 is 2.04. The first kappa shape index (κ1) is 23.4. The first-order valence-corrected chi connectivity index (χ1v) is 9.75. The molecule has 5 nitrogen and oxygen atoms in total. The maximum atomic E-state index is 5.27. The summed E-state index contributed by atoms with van der Waals surface area (Å²) in [6, 6.07) is 8.58. The lowest BCUT2D eigenvalue weighted by Crippen LogP contribution is -2.52. The Morgan fingerprint density at radius 2 is 2.00 bits per heavy atom. The van der Waals surface area contributed by atoms with Crippen LogP contribution in [0.25, 0.3) is 0 Å². The van der Waals surface area contributed by atoms with Crippen LogP contribution in [0.2, 0.25) is 0 Å². The van der Waals surface area contributed by atoms with Gasteiger partial charge in [0, 0.05) is 37.2 Å². The van der Waals surface area contributed by atoms with Crippen LogP contribution >= 0.6 is 35.7 Å². The summed E-state index contributed by atoms with van der Waals surface area (Å²) < 4.78 is 5.54. The van der Waals surface area contributed by atoms with Crippen LogP contribution in [0.15, 0.2) is 29.3 Å². The van der Waals surface area contributed by atoms with Crippen LogP contribution in [-0.4, -0.2) is 74.1 Å². The number of nitrogens with one attached hydrogen (secondary N) is 1. The van der Waals surface area contributed by atoms with Gasteiger partial charge in [0.2, 0.25) is 0 Å². The standard InChI is InChI=1S/C19H32N4OS.HI/c1-19(2)14-23(11-12-25-19)18(20-3)21-13-17(22(4)5)15-7-9-16(24-6)10-8-15;/h7-10,17H,11-14H2,1-6H3,(H,20,21);1H. The summed E-state index contributed by atoms with van der Waals surface area (Å²) in [7, 11) is 7.79. The van der Waals surface area contributed by atoms with Gasteiger partial charge in [-0.15, -0.1) is 24.0 Å². The van der Waals surface area contributed by atoms with Crippen LogP contribution in [0, 0.1) is 0 Å². The molecule has 1 atom stereocenters. The molecule has 1 aromatic rings. The minimum Gasteiger partial charge on any atom is -0.497 e. The lowest BCUT2D eigenvalue weighted by molar-refractivity contribution is 0.292. The average Bonchev–Trinajstić information content (AvgIpc) is 2.58. The smallest absolute Gasteiger partial charge is 0.193 e. The van der Waals surface area contributed by atoms with Crippen LogP contribution in [-0.2, 0) is 0 Å². The second kappa shape index (κ2) is 10.6. The van der Waals surface area contributed by atoms with Crippen molar-refractivity contribution in [2.24, 2.45) is 4.99 Å². The first-order valence-electron chi connectivity index (χ1n) is 8.76. The Kier molecular flexibility index (Phi) is 9.54. The number of methoxy groups -OCH3 is 1. The molecule has 1 N–H and O–H groups in total. The highest BCUT2D eigenvalue weighted by Gasteiger charge is 2.29. The first-order chi connectivity index (χ1) is 11.9. The van der Waals surface area contributed by atoms with E-state index in [0.717, 1.165) is 37.1 Å². The van der Waals surface area contributed by atoms with Crippen LogP contribution in [0.3, 0.4) is 0 Å². The van der Waals surface area contributed by atoms with E-state index in [1.807, 2.05) is 30.9 Å². The summed E-state index contributed by atoms with van der Waals surface area (Å²) in [5.74, 6) is 3.02. The van der Waals surface area contributed by atoms with Crippen molar-refractivity contribution in [2.45, 2.75) is 24.6 Å². The van der Waals surface area contributed by atoms with Crippen molar-refractivity contribution < 1.29 is 4.74 Å². The van der Waals surface area contributed by atoms with Gasteiger partial charge in [0.1, 0.15) is 5.75 Å². The predicted octanol–water partition coefficient (Wildman–Crippen LogP) is 3.32. The molecule has 2 rings (SSSR count). The van der Waals surface area contributed by atoms with Gasteiger partial charge in [0.25, 0.3) is 0 Å². The quantitative estimate of drug-likeness (QED) is 0.388. The van der Waals surface area contributed by atoms with E-state index < -0.39 is 0 Å². The predicted molar refractivity (Wildman–Crippen MR) is 124 cm³/mol. The minimum absolute atomic E-state index is 0. The zero-order valence-corrected chi connectivity index (χ0v) is 19.9. The molecule has 0 saturated carbocycles. The molecule has 7 heteroatoms. The molecule has 1 aliphatic rings. The molecular weight excluding hydrogens is 459 g/mol. The Hall–Kier alpha value is -0.670. The maximum absolute atomic E-state index is 5.27. The molecule has 1 aliphatic heterocycles. The summed E-state index contributed by atoms with van der Waals surface area (Å²) in [6.07, 6.45) is 0. The Bertz CT molecular complexity index is 577. The van der Waals surface area contributed by atoms with Crippen LogP contribution in [0.5, 0.6) is 5.75 Å². The van der Waals surface area contributed by atoms with Gasteiger partial charge in [-0.25, -0.2) is 0 Å². The Balaban J connectivity index is 0.00000338. The van der Waals surface area contributed by atoms with E-state index in [0.29, 0.717) is 0 Å². The van der Waals surface area contributed by atoms with E-state index >= 15 is 0 Å². The Labute approximate surface area is 180 Å². The molecule has 0 radical (unpaired) electrons. The summed E-state index contributed by atoms with van der Waals surface area (Å²) in [5.41, 5.74) is 1.27. The number of guanidine groups is 1. The highest BCUT2D eigenvalue weighted by molar-refractivity contribution is 14.0. The Morgan fingerprint density at radius 1 is 1.35 bits per heavy atom. The van der Waals surface area contributed by atoms with Gasteiger partial charge in [0.15, 0.2) is 5.96 Å². The fourth-order valence-corrected chi connectivity index (χ4v) is 4.25. The van der Waals surface area contributed by atoms with Crippen molar-refractivity contribution in [3.63, 3.8) is 0 Å². The molecule has 1 heterocycles. The SMILES string of the molecule is CN=C(NCC(c1ccc(OC)cc1)N(C)C)N1CCSC(C)(C)C1.I. The molecule has 148 valence electrons. The number of hydrogen-bond donors (Lipinski definition) is 1. The molecule has 0 spiro atoms. The highest BCUT2D eigenvalue weighted by Crippen LogP contribution is 2.29. The molecule has 1 unspecified atom stereocenters. The fraction of sp³-hybridized carbons (Fsp3) is 0.632. The molecule has 0 amide bonds. The number of halogens is 1.